The van der Waals surface area contributed by atoms with Gasteiger partial charge in [0.1, 0.15) is 10.7 Å². The maximum atomic E-state index is 13.6. The summed E-state index contributed by atoms with van der Waals surface area (Å²) in [6, 6.07) is 8.85. The Bertz CT molecular complexity index is 1010. The molecule has 7 nitrogen and oxygen atoms in total. The highest BCUT2D eigenvalue weighted by Gasteiger charge is 2.28. The van der Waals surface area contributed by atoms with Crippen molar-refractivity contribution >= 4 is 38.9 Å². The van der Waals surface area contributed by atoms with Crippen LogP contribution in [0.3, 0.4) is 0 Å². The molecule has 0 aliphatic carbocycles. The van der Waals surface area contributed by atoms with Crippen molar-refractivity contribution in [3.8, 4) is 0 Å². The van der Waals surface area contributed by atoms with Gasteiger partial charge in [0, 0.05) is 24.5 Å². The third kappa shape index (κ3) is 5.24. The van der Waals surface area contributed by atoms with E-state index < -0.39 is 15.9 Å². The van der Waals surface area contributed by atoms with Crippen LogP contribution in [0, 0.1) is 12.7 Å². The van der Waals surface area contributed by atoms with Crippen molar-refractivity contribution in [2.45, 2.75) is 11.8 Å². The maximum absolute atomic E-state index is 13.6. The number of benzene rings is 2. The van der Waals surface area contributed by atoms with E-state index in [0.717, 1.165) is 0 Å². The second kappa shape index (κ2) is 9.08. The SMILES string of the molecule is Cc1ccc(NCC(=O)Nc2ccc(Cl)c(S(=O)(=O)N3CCOCC3)c2)cc1F. The molecule has 1 aliphatic heterocycles. The van der Waals surface area contributed by atoms with Gasteiger partial charge in [0.2, 0.25) is 15.9 Å². The van der Waals surface area contributed by atoms with Crippen LogP contribution in [-0.2, 0) is 19.6 Å². The fourth-order valence-electron chi connectivity index (χ4n) is 2.80. The molecule has 0 radical (unpaired) electrons. The van der Waals surface area contributed by atoms with Gasteiger partial charge in [0.25, 0.3) is 0 Å². The second-order valence-electron chi connectivity index (χ2n) is 6.53. The van der Waals surface area contributed by atoms with E-state index in [4.69, 9.17) is 16.3 Å². The summed E-state index contributed by atoms with van der Waals surface area (Å²) in [4.78, 5) is 12.1. The number of nitrogens with one attached hydrogen (secondary N) is 2. The van der Waals surface area contributed by atoms with Crippen LogP contribution in [0.2, 0.25) is 5.02 Å². The highest BCUT2D eigenvalue weighted by atomic mass is 35.5. The third-order valence-electron chi connectivity index (χ3n) is 4.43. The average molecular weight is 442 g/mol. The second-order valence-corrected chi connectivity index (χ2v) is 8.84. The minimum atomic E-state index is -3.80. The lowest BCUT2D eigenvalue weighted by molar-refractivity contribution is -0.114. The van der Waals surface area contributed by atoms with Crippen LogP contribution in [0.5, 0.6) is 0 Å². The summed E-state index contributed by atoms with van der Waals surface area (Å²) >= 11 is 6.11. The van der Waals surface area contributed by atoms with Crippen molar-refractivity contribution in [1.82, 2.24) is 4.31 Å². The first kappa shape index (κ1) is 21.5. The Morgan fingerprint density at radius 1 is 1.17 bits per heavy atom. The monoisotopic (exact) mass is 441 g/mol. The molecule has 2 aromatic rings. The molecule has 0 bridgehead atoms. The Labute approximate surface area is 173 Å². The van der Waals surface area contributed by atoms with Gasteiger partial charge in [-0.1, -0.05) is 17.7 Å². The molecule has 1 aliphatic rings. The molecule has 3 rings (SSSR count). The summed E-state index contributed by atoms with van der Waals surface area (Å²) < 4.78 is 45.7. The smallest absolute Gasteiger partial charge is 0.244 e. The van der Waals surface area contributed by atoms with Gasteiger partial charge in [-0.05, 0) is 42.8 Å². The Hall–Kier alpha value is -2.20. The minimum absolute atomic E-state index is 0.0720. The van der Waals surface area contributed by atoms with Crippen LogP contribution < -0.4 is 10.6 Å². The molecule has 29 heavy (non-hydrogen) atoms. The quantitative estimate of drug-likeness (QED) is 0.719. The van der Waals surface area contributed by atoms with Gasteiger partial charge < -0.3 is 15.4 Å². The van der Waals surface area contributed by atoms with Gasteiger partial charge in [-0.2, -0.15) is 4.31 Å². The first-order valence-electron chi connectivity index (χ1n) is 8.95. The molecule has 2 N–H and O–H groups in total. The number of hydrogen-bond donors (Lipinski definition) is 2. The Morgan fingerprint density at radius 2 is 1.86 bits per heavy atom. The largest absolute Gasteiger partial charge is 0.379 e. The van der Waals surface area contributed by atoms with E-state index in [1.165, 1.54) is 28.6 Å². The summed E-state index contributed by atoms with van der Waals surface area (Å²) in [6.45, 7) is 2.65. The molecule has 1 heterocycles. The van der Waals surface area contributed by atoms with E-state index in [-0.39, 0.29) is 35.4 Å². The number of sulfonamides is 1. The van der Waals surface area contributed by atoms with Gasteiger partial charge in [-0.3, -0.25) is 4.79 Å². The number of amides is 1. The summed E-state index contributed by atoms with van der Waals surface area (Å²) in [5, 5.41) is 5.51. The summed E-state index contributed by atoms with van der Waals surface area (Å²) in [5.74, 6) is -0.783. The van der Waals surface area contributed by atoms with Crippen molar-refractivity contribution in [1.29, 1.82) is 0 Å². The zero-order valence-electron chi connectivity index (χ0n) is 15.7. The van der Waals surface area contributed by atoms with E-state index in [2.05, 4.69) is 10.6 Å². The van der Waals surface area contributed by atoms with Gasteiger partial charge in [-0.25, -0.2) is 12.8 Å². The number of halogens is 2. The lowest BCUT2D eigenvalue weighted by Crippen LogP contribution is -2.40. The first-order chi connectivity index (χ1) is 13.8. The number of rotatable bonds is 6. The molecule has 1 saturated heterocycles. The lowest BCUT2D eigenvalue weighted by Gasteiger charge is -2.26. The summed E-state index contributed by atoms with van der Waals surface area (Å²) in [6.07, 6.45) is 0. The Morgan fingerprint density at radius 3 is 2.55 bits per heavy atom. The highest BCUT2D eigenvalue weighted by Crippen LogP contribution is 2.28. The molecule has 0 atom stereocenters. The molecule has 0 aromatic heterocycles. The van der Waals surface area contributed by atoms with Gasteiger partial charge >= 0.3 is 0 Å². The van der Waals surface area contributed by atoms with Gasteiger partial charge in [0.05, 0.1) is 24.8 Å². The number of ether oxygens (including phenoxy) is 1. The van der Waals surface area contributed by atoms with Crippen molar-refractivity contribution in [3.63, 3.8) is 0 Å². The van der Waals surface area contributed by atoms with Crippen LogP contribution in [0.25, 0.3) is 0 Å². The fourth-order valence-corrected chi connectivity index (χ4v) is 4.70. The van der Waals surface area contributed by atoms with Gasteiger partial charge in [0.15, 0.2) is 0 Å². The van der Waals surface area contributed by atoms with Crippen LogP contribution in [0.1, 0.15) is 5.56 Å². The number of carbonyl (C=O) groups is 1. The average Bonchev–Trinajstić information content (AvgIpc) is 2.71. The van der Waals surface area contributed by atoms with Crippen molar-refractivity contribution in [3.05, 3.63) is 52.8 Å². The van der Waals surface area contributed by atoms with Crippen LogP contribution >= 0.6 is 11.6 Å². The topological polar surface area (TPSA) is 87.7 Å². The zero-order valence-corrected chi connectivity index (χ0v) is 17.3. The summed E-state index contributed by atoms with van der Waals surface area (Å²) in [5.41, 5.74) is 1.27. The van der Waals surface area contributed by atoms with E-state index in [1.54, 1.807) is 19.1 Å². The number of aryl methyl sites for hydroxylation is 1. The van der Waals surface area contributed by atoms with Crippen LogP contribution in [0.4, 0.5) is 15.8 Å². The first-order valence-corrected chi connectivity index (χ1v) is 10.8. The number of hydrogen-bond acceptors (Lipinski definition) is 5. The molecule has 156 valence electrons. The number of morpholine rings is 1. The summed E-state index contributed by atoms with van der Waals surface area (Å²) in [7, 11) is -3.80. The lowest BCUT2D eigenvalue weighted by atomic mass is 10.2. The maximum Gasteiger partial charge on any atom is 0.244 e. The van der Waals surface area contributed by atoms with E-state index >= 15 is 0 Å². The standard InChI is InChI=1S/C19H21ClFN3O4S/c1-13-2-3-14(10-17(13)21)22-12-19(25)23-15-4-5-16(20)18(11-15)29(26,27)24-6-8-28-9-7-24/h2-5,10-11,22H,6-9,12H2,1H3,(H,23,25). The molecular formula is C19H21ClFN3O4S. The molecule has 1 fully saturated rings. The van der Waals surface area contributed by atoms with Crippen LogP contribution in [0.15, 0.2) is 41.3 Å². The highest BCUT2D eigenvalue weighted by molar-refractivity contribution is 7.89. The normalized spacial score (nSPS) is 15.1. The number of anilines is 2. The van der Waals surface area contributed by atoms with Crippen molar-refractivity contribution < 1.29 is 22.3 Å². The molecule has 0 spiro atoms. The zero-order chi connectivity index (χ0) is 21.0. The Balaban J connectivity index is 1.68. The molecule has 0 saturated carbocycles. The predicted octanol–water partition coefficient (Wildman–Crippen LogP) is 2.86. The van der Waals surface area contributed by atoms with Crippen molar-refractivity contribution in [2.75, 3.05) is 43.5 Å². The van der Waals surface area contributed by atoms with Crippen molar-refractivity contribution in [2.24, 2.45) is 0 Å². The number of nitrogens with zero attached hydrogens (tertiary/aromatic N) is 1. The third-order valence-corrected chi connectivity index (χ3v) is 6.81. The molecule has 0 unspecified atom stereocenters. The molecular weight excluding hydrogens is 421 g/mol. The fraction of sp³-hybridized carbons (Fsp3) is 0.316. The molecule has 10 heteroatoms. The van der Waals surface area contributed by atoms with E-state index in [1.807, 2.05) is 0 Å². The van der Waals surface area contributed by atoms with Gasteiger partial charge in [-0.15, -0.1) is 0 Å². The molecule has 2 aromatic carbocycles. The van der Waals surface area contributed by atoms with E-state index in [9.17, 15) is 17.6 Å². The predicted molar refractivity (Wildman–Crippen MR) is 109 cm³/mol. The molecule has 1 amide bonds. The number of carbonyl (C=O) groups excluding carboxylic acids is 1. The Kier molecular flexibility index (Phi) is 6.74. The van der Waals surface area contributed by atoms with E-state index in [0.29, 0.717) is 30.2 Å². The van der Waals surface area contributed by atoms with Crippen LogP contribution in [-0.4, -0.2) is 51.5 Å². The minimum Gasteiger partial charge on any atom is -0.379 e.